The number of thioether (sulfide) groups is 1. The van der Waals surface area contributed by atoms with Crippen molar-refractivity contribution in [2.45, 2.75) is 25.2 Å². The first-order valence-corrected chi connectivity index (χ1v) is 11.2. The van der Waals surface area contributed by atoms with Crippen LogP contribution in [0.3, 0.4) is 0 Å². The SMILES string of the molecule is CCSc1nnc2c(n1)OC(c1cc(OC)c(OC)c(OC)c1)N(C(C)=O)c1ccccc1-2. The largest absolute Gasteiger partial charge is 0.493 e. The van der Waals surface area contributed by atoms with E-state index in [2.05, 4.69) is 15.2 Å². The molecule has 3 aromatic rings. The summed E-state index contributed by atoms with van der Waals surface area (Å²) >= 11 is 1.46. The van der Waals surface area contributed by atoms with Crippen molar-refractivity contribution < 1.29 is 23.7 Å². The zero-order valence-corrected chi connectivity index (χ0v) is 19.8. The fourth-order valence-electron chi connectivity index (χ4n) is 3.70. The summed E-state index contributed by atoms with van der Waals surface area (Å²) < 4.78 is 22.9. The molecule has 0 fully saturated rings. The van der Waals surface area contributed by atoms with E-state index in [4.69, 9.17) is 18.9 Å². The number of hydrogen-bond donors (Lipinski definition) is 0. The lowest BCUT2D eigenvalue weighted by molar-refractivity contribution is -0.118. The first kappa shape index (κ1) is 22.7. The molecule has 0 N–H and O–H groups in total. The second-order valence-electron chi connectivity index (χ2n) is 7.02. The van der Waals surface area contributed by atoms with Crippen LogP contribution in [0.1, 0.15) is 25.6 Å². The molecule has 0 aliphatic carbocycles. The standard InChI is InChI=1S/C23H24N4O5S/c1-6-33-23-24-21-19(25-26-23)15-9-7-8-10-16(15)27(13(2)28)22(32-21)14-11-17(29-3)20(31-5)18(12-14)30-4/h7-12,22H,6H2,1-5H3. The maximum absolute atomic E-state index is 12.9. The number of fused-ring (bicyclic) bond motifs is 3. The number of aromatic nitrogens is 3. The molecule has 4 rings (SSSR count). The third-order valence-electron chi connectivity index (χ3n) is 5.10. The number of nitrogens with zero attached hydrogens (tertiary/aromatic N) is 4. The van der Waals surface area contributed by atoms with Crippen molar-refractivity contribution in [3.05, 3.63) is 42.0 Å². The van der Waals surface area contributed by atoms with E-state index in [-0.39, 0.29) is 11.8 Å². The van der Waals surface area contributed by atoms with E-state index >= 15 is 0 Å². The van der Waals surface area contributed by atoms with Crippen LogP contribution in [-0.2, 0) is 4.79 Å². The lowest BCUT2D eigenvalue weighted by Crippen LogP contribution is -2.36. The van der Waals surface area contributed by atoms with Crippen molar-refractivity contribution >= 4 is 23.4 Å². The Hall–Kier alpha value is -3.53. The number of carbonyl (C=O) groups is 1. The third-order valence-corrected chi connectivity index (χ3v) is 5.82. The summed E-state index contributed by atoms with van der Waals surface area (Å²) in [5.41, 5.74) is 2.41. The second kappa shape index (κ2) is 9.53. The van der Waals surface area contributed by atoms with Gasteiger partial charge in [0.05, 0.1) is 27.0 Å². The number of ether oxygens (including phenoxy) is 4. The molecule has 2 aromatic carbocycles. The highest BCUT2D eigenvalue weighted by Gasteiger charge is 2.35. The lowest BCUT2D eigenvalue weighted by Gasteiger charge is -2.30. The van der Waals surface area contributed by atoms with Gasteiger partial charge in [-0.1, -0.05) is 36.9 Å². The Kier molecular flexibility index (Phi) is 6.55. The maximum atomic E-state index is 12.9. The highest BCUT2D eigenvalue weighted by atomic mass is 32.2. The minimum Gasteiger partial charge on any atom is -0.493 e. The van der Waals surface area contributed by atoms with Gasteiger partial charge in [0, 0.05) is 18.1 Å². The van der Waals surface area contributed by atoms with Gasteiger partial charge in [-0.05, 0) is 24.0 Å². The summed E-state index contributed by atoms with van der Waals surface area (Å²) in [6.07, 6.45) is -0.866. The number of carbonyl (C=O) groups excluding carboxylic acids is 1. The van der Waals surface area contributed by atoms with Crippen LogP contribution in [0.25, 0.3) is 11.3 Å². The summed E-state index contributed by atoms with van der Waals surface area (Å²) in [6.45, 7) is 3.49. The topological polar surface area (TPSA) is 95.9 Å². The summed E-state index contributed by atoms with van der Waals surface area (Å²) in [5, 5.41) is 9.11. The van der Waals surface area contributed by atoms with E-state index in [1.165, 1.54) is 40.0 Å². The number of hydrogen-bond acceptors (Lipinski definition) is 9. The van der Waals surface area contributed by atoms with Gasteiger partial charge in [-0.2, -0.15) is 4.98 Å². The van der Waals surface area contributed by atoms with Gasteiger partial charge in [0.1, 0.15) is 0 Å². The Morgan fingerprint density at radius 2 is 1.79 bits per heavy atom. The Balaban J connectivity index is 1.97. The lowest BCUT2D eigenvalue weighted by atomic mass is 10.1. The number of para-hydroxylation sites is 1. The van der Waals surface area contributed by atoms with Crippen molar-refractivity contribution in [1.29, 1.82) is 0 Å². The number of methoxy groups -OCH3 is 3. The highest BCUT2D eigenvalue weighted by Crippen LogP contribution is 2.46. The van der Waals surface area contributed by atoms with Crippen molar-refractivity contribution in [3.8, 4) is 34.4 Å². The highest BCUT2D eigenvalue weighted by molar-refractivity contribution is 7.99. The molecule has 1 unspecified atom stereocenters. The minimum absolute atomic E-state index is 0.217. The van der Waals surface area contributed by atoms with Gasteiger partial charge >= 0.3 is 0 Å². The van der Waals surface area contributed by atoms with E-state index in [1.807, 2.05) is 31.2 Å². The third kappa shape index (κ3) is 4.13. The van der Waals surface area contributed by atoms with Gasteiger partial charge in [-0.15, -0.1) is 10.2 Å². The Morgan fingerprint density at radius 1 is 1.09 bits per heavy atom. The van der Waals surface area contributed by atoms with E-state index in [0.717, 1.165) is 5.75 Å². The molecule has 1 aliphatic heterocycles. The average molecular weight is 469 g/mol. The monoisotopic (exact) mass is 468 g/mol. The molecule has 2 heterocycles. The van der Waals surface area contributed by atoms with Crippen LogP contribution in [0.5, 0.6) is 23.1 Å². The molecule has 172 valence electrons. The number of benzene rings is 2. The summed E-state index contributed by atoms with van der Waals surface area (Å²) in [6, 6.07) is 11.0. The van der Waals surface area contributed by atoms with Crippen molar-refractivity contribution in [2.75, 3.05) is 32.0 Å². The van der Waals surface area contributed by atoms with Crippen LogP contribution >= 0.6 is 11.8 Å². The molecule has 0 saturated heterocycles. The molecule has 1 aromatic heterocycles. The van der Waals surface area contributed by atoms with Crippen molar-refractivity contribution in [3.63, 3.8) is 0 Å². The fraction of sp³-hybridized carbons (Fsp3) is 0.304. The Bertz CT molecular complexity index is 1160. The second-order valence-corrected chi connectivity index (χ2v) is 8.25. The van der Waals surface area contributed by atoms with Crippen molar-refractivity contribution in [1.82, 2.24) is 15.2 Å². The molecule has 1 amide bonds. The molecular weight excluding hydrogens is 444 g/mol. The molecular formula is C23H24N4O5S. The fourth-order valence-corrected chi connectivity index (χ4v) is 4.21. The predicted octanol–water partition coefficient (Wildman–Crippen LogP) is 4.12. The van der Waals surface area contributed by atoms with Gasteiger partial charge in [-0.3, -0.25) is 9.69 Å². The Morgan fingerprint density at radius 3 is 2.39 bits per heavy atom. The van der Waals surface area contributed by atoms with Gasteiger partial charge in [0.25, 0.3) is 0 Å². The summed E-state index contributed by atoms with van der Waals surface area (Å²) in [7, 11) is 4.60. The molecule has 0 saturated carbocycles. The van der Waals surface area contributed by atoms with Crippen LogP contribution in [0.15, 0.2) is 41.6 Å². The molecule has 1 atom stereocenters. The molecule has 33 heavy (non-hydrogen) atoms. The van der Waals surface area contributed by atoms with Crippen LogP contribution in [0.2, 0.25) is 0 Å². The van der Waals surface area contributed by atoms with Crippen LogP contribution in [-0.4, -0.2) is 48.2 Å². The van der Waals surface area contributed by atoms with Crippen molar-refractivity contribution in [2.24, 2.45) is 0 Å². The zero-order valence-electron chi connectivity index (χ0n) is 19.0. The summed E-state index contributed by atoms with van der Waals surface area (Å²) in [5.74, 6) is 2.19. The maximum Gasteiger partial charge on any atom is 0.247 e. The predicted molar refractivity (Wildman–Crippen MR) is 124 cm³/mol. The van der Waals surface area contributed by atoms with E-state index < -0.39 is 6.23 Å². The van der Waals surface area contributed by atoms with Gasteiger partial charge in [0.2, 0.25) is 28.9 Å². The number of anilines is 1. The zero-order chi connectivity index (χ0) is 23.5. The molecule has 0 spiro atoms. The molecule has 9 nitrogen and oxygen atoms in total. The van der Waals surface area contributed by atoms with Crippen LogP contribution in [0.4, 0.5) is 5.69 Å². The molecule has 0 radical (unpaired) electrons. The minimum atomic E-state index is -0.866. The first-order chi connectivity index (χ1) is 16.0. The molecule has 0 bridgehead atoms. The quantitative estimate of drug-likeness (QED) is 0.495. The van der Waals surface area contributed by atoms with Gasteiger partial charge < -0.3 is 18.9 Å². The van der Waals surface area contributed by atoms with E-state index in [9.17, 15) is 4.79 Å². The molecule has 1 aliphatic rings. The summed E-state index contributed by atoms with van der Waals surface area (Å²) in [4.78, 5) is 19.1. The van der Waals surface area contributed by atoms with Crippen LogP contribution < -0.4 is 23.8 Å². The van der Waals surface area contributed by atoms with Crippen LogP contribution in [0, 0.1) is 0 Å². The molecule has 10 heteroatoms. The van der Waals surface area contributed by atoms with E-state index in [1.54, 1.807) is 17.0 Å². The average Bonchev–Trinajstić information content (AvgIpc) is 2.97. The number of amides is 1. The van der Waals surface area contributed by atoms with E-state index in [0.29, 0.717) is 44.9 Å². The van der Waals surface area contributed by atoms with Gasteiger partial charge in [0.15, 0.2) is 17.2 Å². The number of rotatable bonds is 6. The smallest absolute Gasteiger partial charge is 0.247 e. The van der Waals surface area contributed by atoms with Gasteiger partial charge in [-0.25, -0.2) is 0 Å². The normalized spacial score (nSPS) is 14.5. The Labute approximate surface area is 196 Å². The first-order valence-electron chi connectivity index (χ1n) is 10.3.